The maximum Gasteiger partial charge on any atom is 0.143 e. The second kappa shape index (κ2) is 13.2. The summed E-state index contributed by atoms with van der Waals surface area (Å²) in [5.41, 5.74) is 18.8. The summed E-state index contributed by atoms with van der Waals surface area (Å²) in [4.78, 5) is 2.38. The van der Waals surface area contributed by atoms with Crippen LogP contribution in [0, 0.1) is 0 Å². The van der Waals surface area contributed by atoms with Gasteiger partial charge in [0.25, 0.3) is 0 Å². The van der Waals surface area contributed by atoms with Gasteiger partial charge in [-0.05, 0) is 111 Å². The topological polar surface area (TPSA) is 29.5 Å². The standard InChI is InChI=1S/C57H39NO2/c1-57(2)48-19-11-9-17-45(48)46-30-29-42(35-49(46)57)58(40-25-21-37(22-26-40)36-13-5-3-6-14-36)41-27-23-39(24-28-41)44-32-31-43(38-15-7-4-8-16-38)54-55-52(60-56(44)54)34-33-51-53(55)47-18-10-12-20-50(47)59-51/h3-35H,1-2H3. The van der Waals surface area contributed by atoms with E-state index in [9.17, 15) is 0 Å². The highest BCUT2D eigenvalue weighted by molar-refractivity contribution is 6.29. The van der Waals surface area contributed by atoms with Crippen molar-refractivity contribution in [3.8, 4) is 44.5 Å². The zero-order valence-electron chi connectivity index (χ0n) is 33.3. The van der Waals surface area contributed by atoms with Crippen LogP contribution < -0.4 is 4.90 Å². The molecular formula is C57H39NO2. The maximum absolute atomic E-state index is 6.93. The molecular weight excluding hydrogens is 731 g/mol. The minimum absolute atomic E-state index is 0.118. The van der Waals surface area contributed by atoms with Crippen molar-refractivity contribution in [2.75, 3.05) is 4.90 Å². The van der Waals surface area contributed by atoms with Crippen molar-refractivity contribution in [2.45, 2.75) is 19.3 Å². The van der Waals surface area contributed by atoms with Crippen LogP contribution in [0.15, 0.2) is 209 Å². The maximum atomic E-state index is 6.93. The first-order valence-electron chi connectivity index (χ1n) is 20.7. The van der Waals surface area contributed by atoms with Gasteiger partial charge in [-0.25, -0.2) is 0 Å². The molecule has 284 valence electrons. The summed E-state index contributed by atoms with van der Waals surface area (Å²) >= 11 is 0. The minimum Gasteiger partial charge on any atom is -0.456 e. The highest BCUT2D eigenvalue weighted by Gasteiger charge is 2.35. The van der Waals surface area contributed by atoms with E-state index in [0.29, 0.717) is 0 Å². The Morgan fingerprint density at radius 1 is 0.350 bits per heavy atom. The van der Waals surface area contributed by atoms with Gasteiger partial charge in [-0.2, -0.15) is 0 Å². The van der Waals surface area contributed by atoms with Crippen molar-refractivity contribution in [3.63, 3.8) is 0 Å². The molecule has 0 bridgehead atoms. The number of benzene rings is 9. The van der Waals surface area contributed by atoms with Crippen LogP contribution in [0.1, 0.15) is 25.0 Å². The highest BCUT2D eigenvalue weighted by atomic mass is 16.3. The molecule has 0 saturated carbocycles. The van der Waals surface area contributed by atoms with Gasteiger partial charge in [0.15, 0.2) is 0 Å². The zero-order valence-corrected chi connectivity index (χ0v) is 33.3. The highest BCUT2D eigenvalue weighted by Crippen LogP contribution is 2.51. The molecule has 0 amide bonds. The molecule has 0 radical (unpaired) electrons. The molecule has 2 heterocycles. The Morgan fingerprint density at radius 3 is 1.63 bits per heavy atom. The fraction of sp³-hybridized carbons (Fsp3) is 0.0526. The number of rotatable bonds is 6. The van der Waals surface area contributed by atoms with Crippen LogP contribution in [0.5, 0.6) is 0 Å². The second-order valence-electron chi connectivity index (χ2n) is 16.4. The van der Waals surface area contributed by atoms with Crippen LogP contribution in [0.2, 0.25) is 0 Å². The fourth-order valence-corrected chi connectivity index (χ4v) is 9.77. The number of hydrogen-bond donors (Lipinski definition) is 0. The lowest BCUT2D eigenvalue weighted by Crippen LogP contribution is -2.16. The molecule has 12 rings (SSSR count). The van der Waals surface area contributed by atoms with Crippen molar-refractivity contribution in [1.29, 1.82) is 0 Å². The van der Waals surface area contributed by atoms with Crippen LogP contribution in [-0.4, -0.2) is 0 Å². The van der Waals surface area contributed by atoms with E-state index in [2.05, 4.69) is 201 Å². The molecule has 0 N–H and O–H groups in total. The number of nitrogens with zero attached hydrogens (tertiary/aromatic N) is 1. The van der Waals surface area contributed by atoms with E-state index < -0.39 is 0 Å². The Bertz CT molecular complexity index is 3430. The first-order valence-corrected chi connectivity index (χ1v) is 20.7. The van der Waals surface area contributed by atoms with E-state index in [1.165, 1.54) is 33.4 Å². The molecule has 1 aliphatic rings. The first kappa shape index (κ1) is 34.4. The Balaban J connectivity index is 1.02. The average Bonchev–Trinajstić information content (AvgIpc) is 3.95. The third-order valence-corrected chi connectivity index (χ3v) is 12.7. The van der Waals surface area contributed by atoms with Gasteiger partial charge in [-0.15, -0.1) is 0 Å². The fourth-order valence-electron chi connectivity index (χ4n) is 9.77. The SMILES string of the molecule is CC1(C)c2ccccc2-c2ccc(N(c3ccc(-c4ccccc4)cc3)c3ccc(-c4ccc(-c5ccccc5)c5c4oc4ccc6oc7ccccc7c6c45)cc3)cc21. The van der Waals surface area contributed by atoms with Crippen LogP contribution in [0.4, 0.5) is 17.1 Å². The summed E-state index contributed by atoms with van der Waals surface area (Å²) in [7, 11) is 0. The average molecular weight is 770 g/mol. The van der Waals surface area contributed by atoms with Gasteiger partial charge in [0, 0.05) is 49.6 Å². The van der Waals surface area contributed by atoms with Crippen molar-refractivity contribution in [3.05, 3.63) is 211 Å². The first-order chi connectivity index (χ1) is 29.5. The van der Waals surface area contributed by atoms with E-state index in [0.717, 1.165) is 83.2 Å². The monoisotopic (exact) mass is 769 g/mol. The molecule has 1 aliphatic carbocycles. The van der Waals surface area contributed by atoms with Gasteiger partial charge < -0.3 is 13.7 Å². The van der Waals surface area contributed by atoms with E-state index in [-0.39, 0.29) is 5.41 Å². The summed E-state index contributed by atoms with van der Waals surface area (Å²) in [6.07, 6.45) is 0. The van der Waals surface area contributed by atoms with Gasteiger partial charge in [0.1, 0.15) is 22.3 Å². The predicted molar refractivity (Wildman–Crippen MR) is 250 cm³/mol. The molecule has 0 atom stereocenters. The molecule has 60 heavy (non-hydrogen) atoms. The third-order valence-electron chi connectivity index (χ3n) is 12.7. The summed E-state index contributed by atoms with van der Waals surface area (Å²) in [5.74, 6) is 0. The van der Waals surface area contributed by atoms with Gasteiger partial charge in [-0.3, -0.25) is 0 Å². The van der Waals surface area contributed by atoms with Crippen molar-refractivity contribution >= 4 is 60.9 Å². The third kappa shape index (κ3) is 5.22. The largest absolute Gasteiger partial charge is 0.456 e. The van der Waals surface area contributed by atoms with Gasteiger partial charge in [0.2, 0.25) is 0 Å². The molecule has 0 aliphatic heterocycles. The molecule has 0 spiro atoms. The lowest BCUT2D eigenvalue weighted by atomic mass is 9.82. The number of hydrogen-bond acceptors (Lipinski definition) is 3. The zero-order chi connectivity index (χ0) is 40.0. The summed E-state index contributed by atoms with van der Waals surface area (Å²) in [6, 6.07) is 71.8. The molecule has 0 fully saturated rings. The van der Waals surface area contributed by atoms with E-state index in [1.54, 1.807) is 0 Å². The van der Waals surface area contributed by atoms with E-state index in [1.807, 2.05) is 18.2 Å². The number of fused-ring (bicyclic) bond motifs is 10. The lowest BCUT2D eigenvalue weighted by Gasteiger charge is -2.28. The summed E-state index contributed by atoms with van der Waals surface area (Å²) < 4.78 is 13.3. The molecule has 3 nitrogen and oxygen atoms in total. The second-order valence-corrected chi connectivity index (χ2v) is 16.4. The van der Waals surface area contributed by atoms with Gasteiger partial charge in [-0.1, -0.05) is 153 Å². The van der Waals surface area contributed by atoms with Crippen LogP contribution in [0.3, 0.4) is 0 Å². The number of furan rings is 2. The summed E-state index contributed by atoms with van der Waals surface area (Å²) in [5, 5.41) is 4.35. The van der Waals surface area contributed by atoms with Gasteiger partial charge >= 0.3 is 0 Å². The van der Waals surface area contributed by atoms with E-state index in [4.69, 9.17) is 8.83 Å². The number of anilines is 3. The Kier molecular flexibility index (Phi) is 7.58. The van der Waals surface area contributed by atoms with E-state index >= 15 is 0 Å². The molecule has 3 heteroatoms. The van der Waals surface area contributed by atoms with Crippen LogP contribution in [0.25, 0.3) is 88.4 Å². The Labute approximate surface area is 348 Å². The molecule has 0 saturated heterocycles. The molecule has 9 aromatic carbocycles. The Hall–Kier alpha value is -7.62. The van der Waals surface area contributed by atoms with Crippen LogP contribution in [-0.2, 0) is 5.41 Å². The molecule has 0 unspecified atom stereocenters. The van der Waals surface area contributed by atoms with Crippen molar-refractivity contribution < 1.29 is 8.83 Å². The smallest absolute Gasteiger partial charge is 0.143 e. The van der Waals surface area contributed by atoms with Crippen LogP contribution >= 0.6 is 0 Å². The predicted octanol–water partition coefficient (Wildman–Crippen LogP) is 16.3. The normalized spacial score (nSPS) is 13.0. The molecule has 11 aromatic rings. The summed E-state index contributed by atoms with van der Waals surface area (Å²) in [6.45, 7) is 4.69. The minimum atomic E-state index is -0.118. The quantitative estimate of drug-likeness (QED) is 0.169. The Morgan fingerprint density at radius 2 is 0.883 bits per heavy atom. The lowest BCUT2D eigenvalue weighted by molar-refractivity contribution is 0.660. The molecule has 2 aromatic heterocycles. The number of para-hydroxylation sites is 1. The van der Waals surface area contributed by atoms with Gasteiger partial charge in [0.05, 0.1) is 0 Å². The van der Waals surface area contributed by atoms with Crippen molar-refractivity contribution in [1.82, 2.24) is 0 Å². The van der Waals surface area contributed by atoms with Crippen molar-refractivity contribution in [2.24, 2.45) is 0 Å².